The second-order valence-corrected chi connectivity index (χ2v) is 49.1. The first-order chi connectivity index (χ1) is 32.0. The van der Waals surface area contributed by atoms with E-state index in [1.807, 2.05) is 0 Å². The van der Waals surface area contributed by atoms with Gasteiger partial charge in [-0.05, 0) is 0 Å². The van der Waals surface area contributed by atoms with Crippen LogP contribution in [0.2, 0.25) is 0 Å². The summed E-state index contributed by atoms with van der Waals surface area (Å²) in [6.07, 6.45) is 12.5. The zero-order valence-electron chi connectivity index (χ0n) is 49.4. The Morgan fingerprint density at radius 1 is 0.389 bits per heavy atom. The van der Waals surface area contributed by atoms with E-state index in [2.05, 4.69) is 251 Å². The third kappa shape index (κ3) is 12.5. The van der Waals surface area contributed by atoms with E-state index in [1.54, 1.807) is 30.9 Å². The van der Waals surface area contributed by atoms with Gasteiger partial charge in [-0.15, -0.1) is 0 Å². The molecule has 0 spiro atoms. The predicted molar refractivity (Wildman–Crippen MR) is 306 cm³/mol. The quantitative estimate of drug-likeness (QED) is 0.154. The van der Waals surface area contributed by atoms with Crippen LogP contribution in [0, 0.1) is 22.7 Å². The fraction of sp³-hybridized carbons (Fsp3) is 0.500. The number of halogens is 2. The summed E-state index contributed by atoms with van der Waals surface area (Å²) in [5.41, 5.74) is 22.3. The average molecular weight is 1340 g/mol. The fourth-order valence-electron chi connectivity index (χ4n) is 11.2. The summed E-state index contributed by atoms with van der Waals surface area (Å²) in [4.78, 5) is 0. The molecule has 0 N–H and O–H groups in total. The van der Waals surface area contributed by atoms with Crippen LogP contribution in [0.3, 0.4) is 0 Å². The SMILES string of the molecule is C[C](C)=[Hf]([C]1=CC(C(C)(C)C)=CC1C)[c]1cc(C(C)(C)C)cc2c1Cc1ccc(C(C)(C)C)cc1-2.C[C](C)=[Hf]([C]1=CC(C(C)(C)C)=CC1C)[c]1cc(C(C)(C)C)cc2c1Cc1ccc(C(C)(C)C)cc1-2.[Cl-].[Cl-]. The third-order valence-electron chi connectivity index (χ3n) is 15.8. The maximum atomic E-state index is 2.65. The minimum atomic E-state index is -2.46. The molecule has 388 valence electrons. The molecule has 4 aromatic carbocycles. The Labute approximate surface area is 468 Å². The van der Waals surface area contributed by atoms with Crippen LogP contribution in [0.25, 0.3) is 22.3 Å². The van der Waals surface area contributed by atoms with Crippen LogP contribution in [0.4, 0.5) is 0 Å². The van der Waals surface area contributed by atoms with Crippen molar-refractivity contribution in [3.8, 4) is 22.3 Å². The maximum absolute atomic E-state index is 2.65. The molecule has 8 rings (SSSR count). The summed E-state index contributed by atoms with van der Waals surface area (Å²) in [6, 6.07) is 24.9. The first-order valence-electron chi connectivity index (χ1n) is 26.8. The molecule has 2 unspecified atom stereocenters. The molecule has 0 aliphatic heterocycles. The van der Waals surface area contributed by atoms with Gasteiger partial charge >= 0.3 is 448 Å². The van der Waals surface area contributed by atoms with Crippen molar-refractivity contribution in [1.29, 1.82) is 0 Å². The van der Waals surface area contributed by atoms with Gasteiger partial charge in [0, 0.05) is 0 Å². The number of hydrogen-bond acceptors (Lipinski definition) is 0. The third-order valence-corrected chi connectivity index (χ3v) is 38.5. The maximum Gasteiger partial charge on any atom is -1.00 e. The Bertz CT molecular complexity index is 2760. The van der Waals surface area contributed by atoms with Crippen LogP contribution in [-0.2, 0) is 76.4 Å². The van der Waals surface area contributed by atoms with Crippen molar-refractivity contribution in [2.75, 3.05) is 0 Å². The zero-order valence-corrected chi connectivity index (χ0v) is 58.1. The molecule has 0 fully saturated rings. The van der Waals surface area contributed by atoms with E-state index in [0.29, 0.717) is 11.8 Å². The summed E-state index contributed by atoms with van der Waals surface area (Å²) >= 11 is -4.92. The standard InChI is InChI=1S/2C21H25.2C10H15.2C3H6.2ClH.2Hf/c2*1-20(2,3)16-9-7-14-11-15-8-10-17(21(4,5)6)13-19(15)18(14)12-16;2*1-8-5-6-9(7-8)10(2,3)4;2*1-3-2;;;;/h2*7,9-10,12-13H,11H2,1-6H3;2*6-8H,1-4H3;2*1-2H3;2*1H;;/p-2. The van der Waals surface area contributed by atoms with E-state index < -0.39 is 41.9 Å². The van der Waals surface area contributed by atoms with Crippen molar-refractivity contribution in [3.05, 3.63) is 147 Å². The molecule has 72 heavy (non-hydrogen) atoms. The molecule has 0 radical (unpaired) electrons. The number of fused-ring (bicyclic) bond motifs is 6. The van der Waals surface area contributed by atoms with Gasteiger partial charge < -0.3 is 24.8 Å². The van der Waals surface area contributed by atoms with E-state index in [-0.39, 0.29) is 57.3 Å². The molecule has 0 saturated heterocycles. The molecule has 4 aromatic rings. The number of hydrogen-bond donors (Lipinski definition) is 0. The molecule has 4 heteroatoms. The van der Waals surface area contributed by atoms with Crippen molar-refractivity contribution >= 4 is 13.2 Å². The number of rotatable bonds is 4. The smallest absolute Gasteiger partial charge is 1.00 e. The van der Waals surface area contributed by atoms with Crippen LogP contribution in [-0.4, -0.2) is 6.51 Å². The van der Waals surface area contributed by atoms with Crippen LogP contribution in [0.1, 0.15) is 211 Å². The van der Waals surface area contributed by atoms with Gasteiger partial charge in [-0.25, -0.2) is 0 Å². The Kier molecular flexibility index (Phi) is 18.0. The minimum absolute atomic E-state index is 0. The Morgan fingerprint density at radius 2 is 0.681 bits per heavy atom. The van der Waals surface area contributed by atoms with Gasteiger partial charge in [0.1, 0.15) is 0 Å². The molecular formula is C68H92Cl2Hf2-2. The van der Waals surface area contributed by atoms with Gasteiger partial charge in [-0.3, -0.25) is 0 Å². The van der Waals surface area contributed by atoms with Crippen molar-refractivity contribution in [1.82, 2.24) is 0 Å². The minimum Gasteiger partial charge on any atom is -1.00 e. The molecule has 0 aromatic heterocycles. The van der Waals surface area contributed by atoms with Gasteiger partial charge in [0.25, 0.3) is 0 Å². The van der Waals surface area contributed by atoms with Crippen LogP contribution >= 0.6 is 0 Å². The second kappa shape index (κ2) is 21.4. The van der Waals surface area contributed by atoms with Crippen molar-refractivity contribution in [2.45, 2.75) is 201 Å². The summed E-state index contributed by atoms with van der Waals surface area (Å²) < 4.78 is 10.5. The van der Waals surface area contributed by atoms with E-state index in [1.165, 1.54) is 66.8 Å². The number of allylic oxidation sites excluding steroid dienone is 8. The van der Waals surface area contributed by atoms with E-state index in [9.17, 15) is 0 Å². The summed E-state index contributed by atoms with van der Waals surface area (Å²) in [7, 11) is 0. The molecule has 0 nitrogen and oxygen atoms in total. The van der Waals surface area contributed by atoms with Gasteiger partial charge in [0.15, 0.2) is 0 Å². The fourth-order valence-corrected chi connectivity index (χ4v) is 33.4. The van der Waals surface area contributed by atoms with Gasteiger partial charge in [-0.1, -0.05) is 0 Å². The van der Waals surface area contributed by atoms with Crippen LogP contribution in [0.15, 0.2) is 103 Å². The van der Waals surface area contributed by atoms with Gasteiger partial charge in [0.2, 0.25) is 0 Å². The topological polar surface area (TPSA) is 0 Å². The summed E-state index contributed by atoms with van der Waals surface area (Å²) in [6.45, 7) is 57.0. The summed E-state index contributed by atoms with van der Waals surface area (Å²) in [5, 5.41) is 0. The van der Waals surface area contributed by atoms with Gasteiger partial charge in [-0.2, -0.15) is 0 Å². The van der Waals surface area contributed by atoms with Crippen molar-refractivity contribution < 1.29 is 66.7 Å². The first-order valence-corrected chi connectivity index (χ1v) is 37.6. The second-order valence-electron chi connectivity index (χ2n) is 28.5. The van der Waals surface area contributed by atoms with E-state index in [0.717, 1.165) is 12.8 Å². The largest absolute Gasteiger partial charge is 1.00 e. The molecule has 4 aliphatic rings. The van der Waals surface area contributed by atoms with Crippen molar-refractivity contribution in [3.63, 3.8) is 0 Å². The van der Waals surface area contributed by atoms with Crippen molar-refractivity contribution in [2.24, 2.45) is 22.7 Å². The Balaban J connectivity index is 0.000000260. The number of benzene rings is 4. The predicted octanol–water partition coefficient (Wildman–Crippen LogP) is 11.6. The molecule has 2 atom stereocenters. The molecule has 0 amide bonds. The Hall–Kier alpha value is -2.10. The molecule has 0 saturated carbocycles. The average Bonchev–Trinajstić information content (AvgIpc) is 3.99. The molecular weight excluding hydrogens is 1240 g/mol. The molecule has 0 bridgehead atoms. The van der Waals surface area contributed by atoms with Crippen LogP contribution < -0.4 is 31.5 Å². The summed E-state index contributed by atoms with van der Waals surface area (Å²) in [5.74, 6) is 1.12. The molecule has 0 heterocycles. The normalized spacial score (nSPS) is 17.2. The first kappa shape index (κ1) is 60.8. The van der Waals surface area contributed by atoms with Crippen LogP contribution in [0.5, 0.6) is 0 Å². The van der Waals surface area contributed by atoms with E-state index >= 15 is 0 Å². The zero-order chi connectivity index (χ0) is 52.2. The van der Waals surface area contributed by atoms with Gasteiger partial charge in [0.05, 0.1) is 0 Å². The van der Waals surface area contributed by atoms with E-state index in [4.69, 9.17) is 0 Å². The monoisotopic (exact) mass is 1340 g/mol. The molecule has 4 aliphatic carbocycles. The Morgan fingerprint density at radius 3 is 0.931 bits per heavy atom.